The fourth-order valence-electron chi connectivity index (χ4n) is 1.60. The third kappa shape index (κ3) is 5.90. The predicted molar refractivity (Wildman–Crippen MR) is 70.9 cm³/mol. The van der Waals surface area contributed by atoms with Crippen LogP contribution >= 0.6 is 0 Å². The molecule has 1 aliphatic rings. The Bertz CT molecular complexity index is 385. The van der Waals surface area contributed by atoms with Crippen LogP contribution in [0.5, 0.6) is 0 Å². The maximum atomic E-state index is 12.0. The molecule has 20 heavy (non-hydrogen) atoms. The summed E-state index contributed by atoms with van der Waals surface area (Å²) in [5.41, 5.74) is -0.624. The molecular formula is C13H22N2O5. The Hall–Kier alpha value is -1.79. The maximum Gasteiger partial charge on any atom is 0.408 e. The van der Waals surface area contributed by atoms with Gasteiger partial charge in [0, 0.05) is 0 Å². The third-order valence-corrected chi connectivity index (χ3v) is 2.68. The minimum Gasteiger partial charge on any atom is -0.468 e. The van der Waals surface area contributed by atoms with E-state index in [4.69, 9.17) is 4.74 Å². The smallest absolute Gasteiger partial charge is 0.408 e. The van der Waals surface area contributed by atoms with Gasteiger partial charge in [0.15, 0.2) is 0 Å². The largest absolute Gasteiger partial charge is 0.468 e. The molecule has 0 saturated heterocycles. The van der Waals surface area contributed by atoms with Gasteiger partial charge >= 0.3 is 12.1 Å². The first-order valence-corrected chi connectivity index (χ1v) is 6.57. The molecule has 1 saturated carbocycles. The van der Waals surface area contributed by atoms with Crippen molar-refractivity contribution >= 4 is 18.0 Å². The van der Waals surface area contributed by atoms with Crippen molar-refractivity contribution < 1.29 is 23.9 Å². The van der Waals surface area contributed by atoms with Gasteiger partial charge < -0.3 is 20.1 Å². The maximum absolute atomic E-state index is 12.0. The van der Waals surface area contributed by atoms with Crippen molar-refractivity contribution in [2.75, 3.05) is 13.7 Å². The van der Waals surface area contributed by atoms with Gasteiger partial charge in [-0.05, 0) is 39.5 Å². The Morgan fingerprint density at radius 3 is 2.30 bits per heavy atom. The summed E-state index contributed by atoms with van der Waals surface area (Å²) in [4.78, 5) is 34.6. The highest BCUT2D eigenvalue weighted by molar-refractivity contribution is 5.88. The monoisotopic (exact) mass is 286 g/mol. The Balaban J connectivity index is 2.50. The van der Waals surface area contributed by atoms with Crippen molar-refractivity contribution in [2.45, 2.75) is 45.3 Å². The average Bonchev–Trinajstić information content (AvgIpc) is 3.14. The lowest BCUT2D eigenvalue weighted by Crippen LogP contribution is -2.50. The molecule has 7 nitrogen and oxygen atoms in total. The molecule has 0 radical (unpaired) electrons. The fourth-order valence-corrected chi connectivity index (χ4v) is 1.60. The second-order valence-corrected chi connectivity index (χ2v) is 5.76. The number of alkyl carbamates (subject to hydrolysis) is 1. The van der Waals surface area contributed by atoms with E-state index < -0.39 is 29.6 Å². The van der Waals surface area contributed by atoms with Crippen molar-refractivity contribution in [1.29, 1.82) is 0 Å². The van der Waals surface area contributed by atoms with Gasteiger partial charge in [0.1, 0.15) is 18.2 Å². The Kier molecular flexibility index (Phi) is 5.35. The number of nitrogens with one attached hydrogen (secondary N) is 2. The van der Waals surface area contributed by atoms with Crippen molar-refractivity contribution in [3.05, 3.63) is 0 Å². The molecule has 0 aromatic carbocycles. The normalized spacial score (nSPS) is 16.0. The van der Waals surface area contributed by atoms with E-state index in [0.717, 1.165) is 12.8 Å². The SMILES string of the molecule is COC(=O)CNC(=O)[C@H](NC(=O)OC(C)(C)C)C1CC1. The standard InChI is InChI=1S/C13H22N2O5/c1-13(2,3)20-12(18)15-10(8-5-6-8)11(17)14-7-9(16)19-4/h8,10H,5-7H2,1-4H3,(H,14,17)(H,15,18)/t10-/m1/s1. The van der Waals surface area contributed by atoms with Gasteiger partial charge in [0.2, 0.25) is 5.91 Å². The van der Waals surface area contributed by atoms with Gasteiger partial charge in [-0.3, -0.25) is 9.59 Å². The molecule has 1 rings (SSSR count). The number of methoxy groups -OCH3 is 1. The van der Waals surface area contributed by atoms with Crippen LogP contribution in [0.2, 0.25) is 0 Å². The lowest BCUT2D eigenvalue weighted by molar-refractivity contribution is -0.141. The van der Waals surface area contributed by atoms with Crippen LogP contribution in [0.15, 0.2) is 0 Å². The van der Waals surface area contributed by atoms with Gasteiger partial charge in [-0.25, -0.2) is 4.79 Å². The summed E-state index contributed by atoms with van der Waals surface area (Å²) in [6.07, 6.45) is 1.10. The molecule has 2 amide bonds. The number of amides is 2. The first-order chi connectivity index (χ1) is 9.23. The van der Waals surface area contributed by atoms with E-state index in [1.54, 1.807) is 20.8 Å². The van der Waals surface area contributed by atoms with Crippen LogP contribution in [0.1, 0.15) is 33.6 Å². The first kappa shape index (κ1) is 16.3. The van der Waals surface area contributed by atoms with Crippen LogP contribution in [0, 0.1) is 5.92 Å². The number of ether oxygens (including phenoxy) is 2. The molecule has 7 heteroatoms. The topological polar surface area (TPSA) is 93.7 Å². The summed E-state index contributed by atoms with van der Waals surface area (Å²) in [7, 11) is 1.24. The molecule has 0 aromatic heterocycles. The lowest BCUT2D eigenvalue weighted by atomic mass is 10.1. The highest BCUT2D eigenvalue weighted by atomic mass is 16.6. The van der Waals surface area contributed by atoms with E-state index in [0.29, 0.717) is 0 Å². The van der Waals surface area contributed by atoms with Gasteiger partial charge in [-0.1, -0.05) is 0 Å². The molecule has 0 unspecified atom stereocenters. The molecule has 0 spiro atoms. The zero-order valence-corrected chi connectivity index (χ0v) is 12.3. The van der Waals surface area contributed by atoms with Crippen LogP contribution < -0.4 is 10.6 Å². The van der Waals surface area contributed by atoms with E-state index in [1.165, 1.54) is 7.11 Å². The average molecular weight is 286 g/mol. The lowest BCUT2D eigenvalue weighted by Gasteiger charge is -2.23. The number of carbonyl (C=O) groups excluding carboxylic acids is 3. The summed E-state index contributed by atoms with van der Waals surface area (Å²) in [5.74, 6) is -0.839. The highest BCUT2D eigenvalue weighted by Gasteiger charge is 2.38. The second-order valence-electron chi connectivity index (χ2n) is 5.76. The number of rotatable bonds is 5. The first-order valence-electron chi connectivity index (χ1n) is 6.57. The fraction of sp³-hybridized carbons (Fsp3) is 0.769. The van der Waals surface area contributed by atoms with Crippen molar-refractivity contribution in [1.82, 2.24) is 10.6 Å². The summed E-state index contributed by atoms with van der Waals surface area (Å²) >= 11 is 0. The Morgan fingerprint density at radius 2 is 1.85 bits per heavy atom. The van der Waals surface area contributed by atoms with E-state index in [9.17, 15) is 14.4 Å². The third-order valence-electron chi connectivity index (χ3n) is 2.68. The molecule has 114 valence electrons. The summed E-state index contributed by atoms with van der Waals surface area (Å²) in [5, 5.41) is 4.99. The van der Waals surface area contributed by atoms with Crippen LogP contribution in [0.4, 0.5) is 4.79 Å². The Morgan fingerprint density at radius 1 is 1.25 bits per heavy atom. The molecular weight excluding hydrogens is 264 g/mol. The van der Waals surface area contributed by atoms with Crippen LogP contribution in [-0.4, -0.2) is 43.3 Å². The van der Waals surface area contributed by atoms with Crippen molar-refractivity contribution in [2.24, 2.45) is 5.92 Å². The quantitative estimate of drug-likeness (QED) is 0.721. The zero-order chi connectivity index (χ0) is 15.3. The zero-order valence-electron chi connectivity index (χ0n) is 12.3. The van der Waals surface area contributed by atoms with Crippen molar-refractivity contribution in [3.8, 4) is 0 Å². The van der Waals surface area contributed by atoms with Crippen molar-refractivity contribution in [3.63, 3.8) is 0 Å². The molecule has 1 atom stereocenters. The molecule has 0 heterocycles. The molecule has 0 aliphatic heterocycles. The summed E-state index contributed by atoms with van der Waals surface area (Å²) in [6, 6.07) is -0.672. The molecule has 1 aliphatic carbocycles. The number of carbonyl (C=O) groups is 3. The van der Waals surface area contributed by atoms with E-state index in [2.05, 4.69) is 15.4 Å². The molecule has 2 N–H and O–H groups in total. The molecule has 1 fully saturated rings. The van der Waals surface area contributed by atoms with Crippen LogP contribution in [0.25, 0.3) is 0 Å². The van der Waals surface area contributed by atoms with E-state index >= 15 is 0 Å². The van der Waals surface area contributed by atoms with Crippen LogP contribution in [0.3, 0.4) is 0 Å². The number of esters is 1. The molecule has 0 aromatic rings. The van der Waals surface area contributed by atoms with Gasteiger partial charge in [-0.15, -0.1) is 0 Å². The summed E-state index contributed by atoms with van der Waals surface area (Å²) in [6.45, 7) is 5.02. The highest BCUT2D eigenvalue weighted by Crippen LogP contribution is 2.32. The number of hydrogen-bond acceptors (Lipinski definition) is 5. The predicted octanol–water partition coefficient (Wildman–Crippen LogP) is 0.579. The molecule has 0 bridgehead atoms. The van der Waals surface area contributed by atoms with Gasteiger partial charge in [0.25, 0.3) is 0 Å². The minimum absolute atomic E-state index is 0.0974. The van der Waals surface area contributed by atoms with Gasteiger partial charge in [-0.2, -0.15) is 0 Å². The Labute approximate surface area is 118 Å². The van der Waals surface area contributed by atoms with E-state index in [1.807, 2.05) is 0 Å². The van der Waals surface area contributed by atoms with E-state index in [-0.39, 0.29) is 12.5 Å². The number of hydrogen-bond donors (Lipinski definition) is 2. The minimum atomic E-state index is -0.672. The summed E-state index contributed by atoms with van der Waals surface area (Å²) < 4.78 is 9.56. The van der Waals surface area contributed by atoms with Crippen LogP contribution in [-0.2, 0) is 19.1 Å². The van der Waals surface area contributed by atoms with Gasteiger partial charge in [0.05, 0.1) is 7.11 Å². The second kappa shape index (κ2) is 6.58.